The molecule has 0 bridgehead atoms. The molecule has 1 aliphatic heterocycles. The first-order chi connectivity index (χ1) is 8.94. The number of aromatic nitrogens is 3. The van der Waals surface area contributed by atoms with Gasteiger partial charge in [0.25, 0.3) is 0 Å². The quantitative estimate of drug-likeness (QED) is 0.861. The number of rotatable bonds is 1. The third-order valence-electron chi connectivity index (χ3n) is 3.30. The van der Waals surface area contributed by atoms with E-state index < -0.39 is 17.2 Å². The van der Waals surface area contributed by atoms with Gasteiger partial charge in [-0.2, -0.15) is 0 Å². The highest BCUT2D eigenvalue weighted by atomic mass is 19.1. The molecule has 1 aliphatic rings. The third-order valence-corrected chi connectivity index (χ3v) is 3.30. The number of hydrogen-bond donors (Lipinski definition) is 1. The molecule has 0 fully saturated rings. The molecule has 0 atom stereocenters. The van der Waals surface area contributed by atoms with E-state index in [4.69, 9.17) is 0 Å². The summed E-state index contributed by atoms with van der Waals surface area (Å²) in [6.45, 7) is 5.73. The Kier molecular flexibility index (Phi) is 2.39. The first-order valence-corrected chi connectivity index (χ1v) is 6.16. The molecule has 4 nitrogen and oxygen atoms in total. The number of aryl methyl sites for hydroxylation is 1. The Morgan fingerprint density at radius 1 is 1.26 bits per heavy atom. The minimum absolute atomic E-state index is 0.289. The molecule has 100 valence electrons. The maximum atomic E-state index is 14.1. The molecule has 0 saturated carbocycles. The summed E-state index contributed by atoms with van der Waals surface area (Å²) in [5, 5.41) is 11.3. The van der Waals surface area contributed by atoms with Crippen LogP contribution in [0.5, 0.6) is 0 Å². The zero-order chi connectivity index (χ0) is 13.8. The zero-order valence-electron chi connectivity index (χ0n) is 11.0. The van der Waals surface area contributed by atoms with Gasteiger partial charge in [0.2, 0.25) is 0 Å². The van der Waals surface area contributed by atoms with Gasteiger partial charge in [-0.05, 0) is 19.9 Å². The number of fused-ring (bicyclic) bond motifs is 3. The van der Waals surface area contributed by atoms with Gasteiger partial charge in [-0.1, -0.05) is 6.92 Å². The summed E-state index contributed by atoms with van der Waals surface area (Å²) in [6, 6.07) is 2.17. The highest BCUT2D eigenvalue weighted by Gasteiger charge is 2.36. The first kappa shape index (κ1) is 12.1. The van der Waals surface area contributed by atoms with Crippen LogP contribution in [-0.4, -0.2) is 14.8 Å². The topological polar surface area (TPSA) is 42.7 Å². The molecule has 1 aromatic heterocycles. The average Bonchev–Trinajstić information content (AvgIpc) is 2.71. The van der Waals surface area contributed by atoms with Gasteiger partial charge in [0.1, 0.15) is 17.3 Å². The fourth-order valence-electron chi connectivity index (χ4n) is 2.47. The van der Waals surface area contributed by atoms with E-state index in [-0.39, 0.29) is 5.69 Å². The standard InChI is InChI=1S/C13H14F2N4/c1-4-10-17-18-12-13(2,3)16-9-6-7(14)5-8(15)11(9)19(10)12/h5-6,16H,4H2,1-3H3. The minimum Gasteiger partial charge on any atom is -0.371 e. The van der Waals surface area contributed by atoms with Crippen molar-refractivity contribution in [3.8, 4) is 5.69 Å². The van der Waals surface area contributed by atoms with Crippen molar-refractivity contribution >= 4 is 5.69 Å². The Morgan fingerprint density at radius 2 is 2.00 bits per heavy atom. The van der Waals surface area contributed by atoms with Gasteiger partial charge >= 0.3 is 0 Å². The van der Waals surface area contributed by atoms with Crippen LogP contribution >= 0.6 is 0 Å². The lowest BCUT2D eigenvalue weighted by atomic mass is 10.00. The maximum absolute atomic E-state index is 14.1. The van der Waals surface area contributed by atoms with Crippen LogP contribution in [0.15, 0.2) is 12.1 Å². The summed E-state index contributed by atoms with van der Waals surface area (Å²) in [5.41, 5.74) is 0.176. The van der Waals surface area contributed by atoms with Crippen molar-refractivity contribution in [3.05, 3.63) is 35.4 Å². The van der Waals surface area contributed by atoms with Gasteiger partial charge in [0.15, 0.2) is 11.6 Å². The Morgan fingerprint density at radius 3 is 2.68 bits per heavy atom. The summed E-state index contributed by atoms with van der Waals surface area (Å²) in [7, 11) is 0. The number of nitrogens with one attached hydrogen (secondary N) is 1. The molecule has 0 aliphatic carbocycles. The van der Waals surface area contributed by atoms with Crippen molar-refractivity contribution in [2.45, 2.75) is 32.7 Å². The number of halogens is 2. The average molecular weight is 264 g/mol. The van der Waals surface area contributed by atoms with Crippen molar-refractivity contribution in [1.82, 2.24) is 14.8 Å². The van der Waals surface area contributed by atoms with E-state index in [0.29, 0.717) is 23.8 Å². The second kappa shape index (κ2) is 3.76. The minimum atomic E-state index is -0.617. The van der Waals surface area contributed by atoms with Gasteiger partial charge in [0, 0.05) is 12.5 Å². The van der Waals surface area contributed by atoms with Gasteiger partial charge in [-0.25, -0.2) is 8.78 Å². The molecule has 6 heteroatoms. The summed E-state index contributed by atoms with van der Waals surface area (Å²) in [4.78, 5) is 0. The molecule has 1 N–H and O–H groups in total. The lowest BCUT2D eigenvalue weighted by molar-refractivity contribution is 0.514. The molecule has 19 heavy (non-hydrogen) atoms. The van der Waals surface area contributed by atoms with Crippen LogP contribution in [0.2, 0.25) is 0 Å². The Labute approximate surface area is 109 Å². The van der Waals surface area contributed by atoms with Gasteiger partial charge < -0.3 is 5.32 Å². The molecule has 0 spiro atoms. The summed E-state index contributed by atoms with van der Waals surface area (Å²) < 4.78 is 29.2. The summed E-state index contributed by atoms with van der Waals surface area (Å²) >= 11 is 0. The molecule has 3 rings (SSSR count). The monoisotopic (exact) mass is 264 g/mol. The molecule has 1 aromatic carbocycles. The van der Waals surface area contributed by atoms with Crippen molar-refractivity contribution in [1.29, 1.82) is 0 Å². The largest absolute Gasteiger partial charge is 0.371 e. The molecule has 0 radical (unpaired) electrons. The molecule has 0 saturated heterocycles. The highest BCUT2D eigenvalue weighted by Crippen LogP contribution is 2.38. The third kappa shape index (κ3) is 1.63. The lowest BCUT2D eigenvalue weighted by Crippen LogP contribution is -2.36. The van der Waals surface area contributed by atoms with E-state index in [1.165, 1.54) is 6.07 Å². The van der Waals surface area contributed by atoms with E-state index in [2.05, 4.69) is 15.5 Å². The van der Waals surface area contributed by atoms with Gasteiger partial charge in [0.05, 0.1) is 11.2 Å². The lowest BCUT2D eigenvalue weighted by Gasteiger charge is -2.34. The van der Waals surface area contributed by atoms with Crippen LogP contribution in [0.1, 0.15) is 32.4 Å². The van der Waals surface area contributed by atoms with Crippen LogP contribution in [-0.2, 0) is 12.0 Å². The fraction of sp³-hybridized carbons (Fsp3) is 0.385. The number of nitrogens with zero attached hydrogens (tertiary/aromatic N) is 3. The zero-order valence-corrected chi connectivity index (χ0v) is 11.0. The van der Waals surface area contributed by atoms with Gasteiger partial charge in [-0.3, -0.25) is 4.57 Å². The molecular weight excluding hydrogens is 250 g/mol. The van der Waals surface area contributed by atoms with Gasteiger partial charge in [-0.15, -0.1) is 10.2 Å². The Bertz CT molecular complexity index is 661. The van der Waals surface area contributed by atoms with Crippen LogP contribution < -0.4 is 5.32 Å². The van der Waals surface area contributed by atoms with Crippen LogP contribution in [0.4, 0.5) is 14.5 Å². The first-order valence-electron chi connectivity index (χ1n) is 6.16. The number of hydrogen-bond acceptors (Lipinski definition) is 3. The van der Waals surface area contributed by atoms with Crippen LogP contribution in [0, 0.1) is 11.6 Å². The van der Waals surface area contributed by atoms with E-state index in [9.17, 15) is 8.78 Å². The smallest absolute Gasteiger partial charge is 0.162 e. The molecule has 2 aromatic rings. The predicted octanol–water partition coefficient (Wildman–Crippen LogP) is 2.77. The fourth-order valence-corrected chi connectivity index (χ4v) is 2.47. The molecule has 0 amide bonds. The van der Waals surface area contributed by atoms with Crippen LogP contribution in [0.25, 0.3) is 5.69 Å². The SMILES string of the molecule is CCc1nnc2n1-c1c(F)cc(F)cc1NC2(C)C. The summed E-state index contributed by atoms with van der Waals surface area (Å²) in [5.74, 6) is 0.0709. The van der Waals surface area contributed by atoms with Crippen molar-refractivity contribution < 1.29 is 8.78 Å². The number of benzene rings is 1. The van der Waals surface area contributed by atoms with Crippen molar-refractivity contribution in [2.75, 3.05) is 5.32 Å². The number of anilines is 1. The summed E-state index contributed by atoms with van der Waals surface area (Å²) in [6.07, 6.45) is 0.624. The Balaban J connectivity index is 2.37. The normalized spacial score (nSPS) is 15.6. The van der Waals surface area contributed by atoms with Crippen molar-refractivity contribution in [3.63, 3.8) is 0 Å². The van der Waals surface area contributed by atoms with Crippen LogP contribution in [0.3, 0.4) is 0 Å². The predicted molar refractivity (Wildman–Crippen MR) is 67.3 cm³/mol. The van der Waals surface area contributed by atoms with E-state index >= 15 is 0 Å². The highest BCUT2D eigenvalue weighted by molar-refractivity contribution is 5.66. The van der Waals surface area contributed by atoms with E-state index in [0.717, 1.165) is 6.07 Å². The maximum Gasteiger partial charge on any atom is 0.162 e. The van der Waals surface area contributed by atoms with E-state index in [1.54, 1.807) is 4.57 Å². The molecule has 2 heterocycles. The second-order valence-corrected chi connectivity index (χ2v) is 5.16. The second-order valence-electron chi connectivity index (χ2n) is 5.16. The molecular formula is C13H14F2N4. The van der Waals surface area contributed by atoms with E-state index in [1.807, 2.05) is 20.8 Å². The molecule has 0 unspecified atom stereocenters. The van der Waals surface area contributed by atoms with Crippen molar-refractivity contribution in [2.24, 2.45) is 0 Å². The Hall–Kier alpha value is -1.98.